The quantitative estimate of drug-likeness (QED) is 0.832. The van der Waals surface area contributed by atoms with Gasteiger partial charge in [0.1, 0.15) is 11.3 Å². The Bertz CT molecular complexity index is 498. The number of para-hydroxylation sites is 1. The Morgan fingerprint density at radius 1 is 1.20 bits per heavy atom. The lowest BCUT2D eigenvalue weighted by Crippen LogP contribution is -2.37. The maximum Gasteiger partial charge on any atom is 0.134 e. The van der Waals surface area contributed by atoms with Crippen molar-refractivity contribution in [3.05, 3.63) is 36.1 Å². The van der Waals surface area contributed by atoms with Crippen molar-refractivity contribution in [3.8, 4) is 0 Å². The van der Waals surface area contributed by atoms with Crippen molar-refractivity contribution in [2.45, 2.75) is 38.8 Å². The van der Waals surface area contributed by atoms with Crippen LogP contribution in [0.15, 0.2) is 34.7 Å². The van der Waals surface area contributed by atoms with Gasteiger partial charge in [0.25, 0.3) is 0 Å². The molecule has 0 spiro atoms. The zero-order chi connectivity index (χ0) is 14.5. The van der Waals surface area contributed by atoms with Crippen LogP contribution in [0.5, 0.6) is 0 Å². The minimum Gasteiger partial charge on any atom is -0.459 e. The van der Waals surface area contributed by atoms with Gasteiger partial charge < -0.3 is 14.6 Å². The van der Waals surface area contributed by atoms with Gasteiger partial charge in [0.05, 0.1) is 6.04 Å². The first kappa shape index (κ1) is 15.1. The number of hydrogen-bond donors (Lipinski definition) is 1. The third-order valence-corrected chi connectivity index (χ3v) is 4.17. The van der Waals surface area contributed by atoms with Crippen molar-refractivity contribution in [2.75, 3.05) is 20.6 Å². The van der Waals surface area contributed by atoms with Crippen LogP contribution in [0.2, 0.25) is 0 Å². The molecule has 0 saturated heterocycles. The summed E-state index contributed by atoms with van der Waals surface area (Å²) < 4.78 is 5.98. The van der Waals surface area contributed by atoms with Crippen molar-refractivity contribution in [1.29, 1.82) is 0 Å². The molecule has 0 amide bonds. The molecule has 1 aromatic heterocycles. The van der Waals surface area contributed by atoms with Crippen LogP contribution in [-0.2, 0) is 0 Å². The van der Waals surface area contributed by atoms with Gasteiger partial charge in [-0.3, -0.25) is 0 Å². The zero-order valence-electron chi connectivity index (χ0n) is 13.0. The number of likely N-dealkylation sites (N-methyl/N-ethyl adjacent to an activating group) is 2. The molecule has 3 nitrogen and oxygen atoms in total. The number of rotatable bonds is 7. The second kappa shape index (κ2) is 6.91. The summed E-state index contributed by atoms with van der Waals surface area (Å²) in [5, 5.41) is 4.55. The highest BCUT2D eigenvalue weighted by Gasteiger charge is 2.19. The molecule has 1 heterocycles. The Morgan fingerprint density at radius 2 is 1.90 bits per heavy atom. The van der Waals surface area contributed by atoms with Crippen LogP contribution in [0.1, 0.15) is 38.5 Å². The minimum absolute atomic E-state index is 0.230. The molecule has 1 aromatic carbocycles. The van der Waals surface area contributed by atoms with Gasteiger partial charge in [-0.25, -0.2) is 0 Å². The molecule has 0 aliphatic carbocycles. The van der Waals surface area contributed by atoms with Crippen molar-refractivity contribution in [2.24, 2.45) is 0 Å². The molecule has 1 N–H and O–H groups in total. The van der Waals surface area contributed by atoms with Crippen molar-refractivity contribution >= 4 is 11.0 Å². The highest BCUT2D eigenvalue weighted by atomic mass is 16.3. The fourth-order valence-electron chi connectivity index (χ4n) is 2.85. The molecule has 2 rings (SSSR count). The van der Waals surface area contributed by atoms with Gasteiger partial charge in [0.15, 0.2) is 0 Å². The predicted molar refractivity (Wildman–Crippen MR) is 85.0 cm³/mol. The van der Waals surface area contributed by atoms with Crippen LogP contribution >= 0.6 is 0 Å². The summed E-state index contributed by atoms with van der Waals surface area (Å²) >= 11 is 0. The first-order valence-corrected chi connectivity index (χ1v) is 7.55. The maximum absolute atomic E-state index is 5.98. The lowest BCUT2D eigenvalue weighted by atomic mass is 10.1. The highest BCUT2D eigenvalue weighted by Crippen LogP contribution is 2.24. The van der Waals surface area contributed by atoms with Crippen LogP contribution in [0.4, 0.5) is 0 Å². The highest BCUT2D eigenvalue weighted by molar-refractivity contribution is 5.77. The fourth-order valence-corrected chi connectivity index (χ4v) is 2.85. The van der Waals surface area contributed by atoms with E-state index < -0.39 is 0 Å². The van der Waals surface area contributed by atoms with Crippen LogP contribution in [-0.4, -0.2) is 31.6 Å². The van der Waals surface area contributed by atoms with Gasteiger partial charge in [0, 0.05) is 18.0 Å². The first-order valence-electron chi connectivity index (χ1n) is 7.55. The van der Waals surface area contributed by atoms with Crippen LogP contribution in [0.25, 0.3) is 11.0 Å². The summed E-state index contributed by atoms with van der Waals surface area (Å²) in [6, 6.07) is 11.2. The third kappa shape index (κ3) is 3.22. The molecule has 0 radical (unpaired) electrons. The molecule has 2 aromatic rings. The summed E-state index contributed by atoms with van der Waals surface area (Å²) in [5.74, 6) is 1.02. The van der Waals surface area contributed by atoms with Gasteiger partial charge in [0.2, 0.25) is 0 Å². The van der Waals surface area contributed by atoms with Gasteiger partial charge in [-0.2, -0.15) is 0 Å². The summed E-state index contributed by atoms with van der Waals surface area (Å²) in [7, 11) is 4.20. The molecular formula is C17H26N2O. The van der Waals surface area contributed by atoms with E-state index in [1.165, 1.54) is 18.2 Å². The van der Waals surface area contributed by atoms with Gasteiger partial charge in [-0.1, -0.05) is 32.0 Å². The van der Waals surface area contributed by atoms with Crippen molar-refractivity contribution < 1.29 is 4.42 Å². The van der Waals surface area contributed by atoms with Crippen LogP contribution in [0.3, 0.4) is 0 Å². The Kier molecular flexibility index (Phi) is 5.21. The smallest absolute Gasteiger partial charge is 0.134 e. The molecule has 20 heavy (non-hydrogen) atoms. The average Bonchev–Trinajstić information content (AvgIpc) is 2.89. The Hall–Kier alpha value is -1.32. The largest absolute Gasteiger partial charge is 0.459 e. The molecule has 3 heteroatoms. The molecule has 0 saturated carbocycles. The molecule has 0 aliphatic rings. The normalized spacial score (nSPS) is 13.5. The number of fused-ring (bicyclic) bond motifs is 1. The lowest BCUT2D eigenvalue weighted by Gasteiger charge is -2.29. The number of nitrogens with one attached hydrogen (secondary N) is 1. The number of furan rings is 1. The molecule has 1 atom stereocenters. The summed E-state index contributed by atoms with van der Waals surface area (Å²) in [6.07, 6.45) is 2.37. The van der Waals surface area contributed by atoms with E-state index >= 15 is 0 Å². The number of hydrogen-bond acceptors (Lipinski definition) is 3. The molecule has 0 fully saturated rings. The van der Waals surface area contributed by atoms with E-state index in [0.717, 1.165) is 17.9 Å². The van der Waals surface area contributed by atoms with Crippen LogP contribution < -0.4 is 5.32 Å². The van der Waals surface area contributed by atoms with E-state index in [1.54, 1.807) is 0 Å². The SMILES string of the molecule is CCC(CC)N(C)CC(NC)c1cc2ccccc2o1. The second-order valence-electron chi connectivity index (χ2n) is 5.44. The van der Waals surface area contributed by atoms with Gasteiger partial charge in [-0.15, -0.1) is 0 Å². The monoisotopic (exact) mass is 274 g/mol. The summed E-state index contributed by atoms with van der Waals surface area (Å²) in [4.78, 5) is 2.42. The predicted octanol–water partition coefficient (Wildman–Crippen LogP) is 3.81. The molecule has 0 aliphatic heterocycles. The van der Waals surface area contributed by atoms with E-state index in [-0.39, 0.29) is 6.04 Å². The number of nitrogens with zero attached hydrogens (tertiary/aromatic N) is 1. The van der Waals surface area contributed by atoms with Gasteiger partial charge >= 0.3 is 0 Å². The lowest BCUT2D eigenvalue weighted by molar-refractivity contribution is 0.201. The van der Waals surface area contributed by atoms with E-state index in [0.29, 0.717) is 6.04 Å². The number of benzene rings is 1. The summed E-state index contributed by atoms with van der Waals surface area (Å²) in [5.41, 5.74) is 0.966. The summed E-state index contributed by atoms with van der Waals surface area (Å²) in [6.45, 7) is 5.46. The first-order chi connectivity index (χ1) is 9.69. The zero-order valence-corrected chi connectivity index (χ0v) is 13.0. The fraction of sp³-hybridized carbons (Fsp3) is 0.529. The Balaban J connectivity index is 2.15. The molecule has 0 bridgehead atoms. The second-order valence-corrected chi connectivity index (χ2v) is 5.44. The molecule has 1 unspecified atom stereocenters. The van der Waals surface area contributed by atoms with Crippen molar-refractivity contribution in [1.82, 2.24) is 10.2 Å². The standard InChI is InChI=1S/C17H26N2O/c1-5-14(6-2)19(4)12-15(18-3)17-11-13-9-7-8-10-16(13)20-17/h7-11,14-15,18H,5-6,12H2,1-4H3. The minimum atomic E-state index is 0.230. The van der Waals surface area contributed by atoms with E-state index in [4.69, 9.17) is 4.42 Å². The molecule has 110 valence electrons. The van der Waals surface area contributed by atoms with Gasteiger partial charge in [-0.05, 0) is 39.1 Å². The molecular weight excluding hydrogens is 248 g/mol. The topological polar surface area (TPSA) is 28.4 Å². The van der Waals surface area contributed by atoms with E-state index in [1.807, 2.05) is 25.2 Å². The average molecular weight is 274 g/mol. The van der Waals surface area contributed by atoms with E-state index in [2.05, 4.69) is 43.2 Å². The van der Waals surface area contributed by atoms with E-state index in [9.17, 15) is 0 Å². The van der Waals surface area contributed by atoms with Crippen LogP contribution in [0, 0.1) is 0 Å². The maximum atomic E-state index is 5.98. The third-order valence-electron chi connectivity index (χ3n) is 4.17. The Labute approximate surface area is 122 Å². The Morgan fingerprint density at radius 3 is 2.50 bits per heavy atom. The van der Waals surface area contributed by atoms with Crippen molar-refractivity contribution in [3.63, 3.8) is 0 Å².